The quantitative estimate of drug-likeness (QED) is 0.208. The molecule has 0 spiro atoms. The lowest BCUT2D eigenvalue weighted by atomic mass is 10.1. The minimum absolute atomic E-state index is 0.601. The fourth-order valence-corrected chi connectivity index (χ4v) is 3.59. The van der Waals surface area contributed by atoms with Crippen LogP contribution in [0.2, 0.25) is 0 Å². The number of benzene rings is 1. The van der Waals surface area contributed by atoms with Gasteiger partial charge in [0, 0.05) is 18.0 Å². The number of aromatic nitrogens is 2. The Labute approximate surface area is 196 Å². The minimum atomic E-state index is 0.601. The highest BCUT2D eigenvalue weighted by molar-refractivity contribution is 5.55. The standard InChI is InChI=1S/C29H42N2O/c1-5-6-7-8-9-10-11-15-26-22-30-29(31-23-26)27-16-18-28(19-17-27)32-21-20-25(4)14-12-13-24(2)3/h13,16-20,22-23H,5-12,14-15,21H2,1-4H3. The molecule has 0 saturated carbocycles. The van der Waals surface area contributed by atoms with Gasteiger partial charge in [-0.15, -0.1) is 0 Å². The number of rotatable bonds is 15. The molecular weight excluding hydrogens is 392 g/mol. The second-order valence-electron chi connectivity index (χ2n) is 8.99. The molecule has 2 rings (SSSR count). The molecule has 1 heterocycles. The van der Waals surface area contributed by atoms with Crippen LogP contribution >= 0.6 is 0 Å². The number of unbranched alkanes of at least 4 members (excludes halogenated alkanes) is 6. The number of aryl methyl sites for hydroxylation is 1. The summed E-state index contributed by atoms with van der Waals surface area (Å²) in [5, 5.41) is 0. The first kappa shape index (κ1) is 25.8. The molecule has 0 bridgehead atoms. The smallest absolute Gasteiger partial charge is 0.159 e. The number of hydrogen-bond acceptors (Lipinski definition) is 3. The van der Waals surface area contributed by atoms with Gasteiger partial charge in [0.2, 0.25) is 0 Å². The lowest BCUT2D eigenvalue weighted by Gasteiger charge is -2.07. The first-order valence-corrected chi connectivity index (χ1v) is 12.4. The van der Waals surface area contributed by atoms with E-state index in [4.69, 9.17) is 4.74 Å². The van der Waals surface area contributed by atoms with Gasteiger partial charge in [-0.3, -0.25) is 0 Å². The van der Waals surface area contributed by atoms with E-state index in [1.54, 1.807) is 0 Å². The molecule has 3 nitrogen and oxygen atoms in total. The van der Waals surface area contributed by atoms with Crippen LogP contribution in [0.15, 0.2) is 60.0 Å². The van der Waals surface area contributed by atoms with E-state index < -0.39 is 0 Å². The molecule has 0 radical (unpaired) electrons. The van der Waals surface area contributed by atoms with Crippen LogP contribution in [-0.4, -0.2) is 16.6 Å². The molecule has 1 aromatic carbocycles. The van der Waals surface area contributed by atoms with Crippen molar-refractivity contribution in [3.8, 4) is 17.1 Å². The Hall–Kier alpha value is -2.42. The van der Waals surface area contributed by atoms with Crippen LogP contribution in [0.1, 0.15) is 91.0 Å². The van der Waals surface area contributed by atoms with E-state index in [-0.39, 0.29) is 0 Å². The molecule has 0 atom stereocenters. The van der Waals surface area contributed by atoms with Crippen LogP contribution in [0, 0.1) is 0 Å². The van der Waals surface area contributed by atoms with Crippen molar-refractivity contribution in [1.82, 2.24) is 9.97 Å². The molecule has 2 aromatic rings. The largest absolute Gasteiger partial charge is 0.490 e. The minimum Gasteiger partial charge on any atom is -0.490 e. The fraction of sp³-hybridized carbons (Fsp3) is 0.517. The summed E-state index contributed by atoms with van der Waals surface area (Å²) >= 11 is 0. The van der Waals surface area contributed by atoms with Gasteiger partial charge in [0.15, 0.2) is 5.82 Å². The lowest BCUT2D eigenvalue weighted by molar-refractivity contribution is 0.361. The van der Waals surface area contributed by atoms with Crippen molar-refractivity contribution in [3.63, 3.8) is 0 Å². The maximum absolute atomic E-state index is 5.87. The zero-order chi connectivity index (χ0) is 23.0. The highest BCUT2D eigenvalue weighted by Gasteiger charge is 2.03. The van der Waals surface area contributed by atoms with Crippen LogP contribution in [0.4, 0.5) is 0 Å². The van der Waals surface area contributed by atoms with Crippen molar-refractivity contribution < 1.29 is 4.74 Å². The highest BCUT2D eigenvalue weighted by Crippen LogP contribution is 2.20. The SMILES string of the molecule is CCCCCCCCCc1cnc(-c2ccc(OCC=C(C)CCC=C(C)C)cc2)nc1. The third-order valence-electron chi connectivity index (χ3n) is 5.66. The van der Waals surface area contributed by atoms with Crippen LogP contribution in [0.3, 0.4) is 0 Å². The molecule has 0 unspecified atom stereocenters. The Balaban J connectivity index is 1.73. The molecule has 0 N–H and O–H groups in total. The van der Waals surface area contributed by atoms with Gasteiger partial charge < -0.3 is 4.74 Å². The summed E-state index contributed by atoms with van der Waals surface area (Å²) in [5.41, 5.74) is 4.99. The number of nitrogens with zero attached hydrogens (tertiary/aromatic N) is 2. The molecule has 1 aromatic heterocycles. The molecule has 0 fully saturated rings. The lowest BCUT2D eigenvalue weighted by Crippen LogP contribution is -1.96. The maximum Gasteiger partial charge on any atom is 0.159 e. The zero-order valence-corrected chi connectivity index (χ0v) is 20.7. The van der Waals surface area contributed by atoms with Crippen molar-refractivity contribution in [3.05, 3.63) is 65.5 Å². The summed E-state index contributed by atoms with van der Waals surface area (Å²) < 4.78 is 5.87. The Kier molecular flexibility index (Phi) is 12.4. The Morgan fingerprint density at radius 1 is 0.844 bits per heavy atom. The summed E-state index contributed by atoms with van der Waals surface area (Å²) in [4.78, 5) is 9.16. The van der Waals surface area contributed by atoms with Gasteiger partial charge >= 0.3 is 0 Å². The third-order valence-corrected chi connectivity index (χ3v) is 5.66. The van der Waals surface area contributed by atoms with E-state index in [0.717, 1.165) is 36.4 Å². The second-order valence-corrected chi connectivity index (χ2v) is 8.99. The zero-order valence-electron chi connectivity index (χ0n) is 20.7. The van der Waals surface area contributed by atoms with Gasteiger partial charge in [0.25, 0.3) is 0 Å². The molecule has 0 aliphatic heterocycles. The average Bonchev–Trinajstić information content (AvgIpc) is 2.79. The highest BCUT2D eigenvalue weighted by atomic mass is 16.5. The van der Waals surface area contributed by atoms with Crippen molar-refractivity contribution in [2.45, 2.75) is 91.9 Å². The summed E-state index contributed by atoms with van der Waals surface area (Å²) in [5.74, 6) is 1.65. The number of ether oxygens (including phenoxy) is 1. The Bertz CT molecular complexity index is 815. The molecule has 0 aliphatic rings. The number of allylic oxidation sites excluding steroid dienone is 3. The first-order valence-electron chi connectivity index (χ1n) is 12.4. The van der Waals surface area contributed by atoms with Crippen molar-refractivity contribution in [2.24, 2.45) is 0 Å². The van der Waals surface area contributed by atoms with Gasteiger partial charge in [-0.2, -0.15) is 0 Å². The summed E-state index contributed by atoms with van der Waals surface area (Å²) in [6.45, 7) is 9.31. The predicted octanol–water partition coefficient (Wildman–Crippen LogP) is 8.51. The molecule has 0 saturated heterocycles. The van der Waals surface area contributed by atoms with Gasteiger partial charge in [-0.1, -0.05) is 62.7 Å². The van der Waals surface area contributed by atoms with Gasteiger partial charge in [-0.25, -0.2) is 9.97 Å². The molecular formula is C29H42N2O. The normalized spacial score (nSPS) is 11.4. The van der Waals surface area contributed by atoms with E-state index in [2.05, 4.69) is 49.8 Å². The van der Waals surface area contributed by atoms with Gasteiger partial charge in [0.1, 0.15) is 12.4 Å². The van der Waals surface area contributed by atoms with E-state index in [1.165, 1.54) is 61.7 Å². The topological polar surface area (TPSA) is 35.0 Å². The molecule has 32 heavy (non-hydrogen) atoms. The van der Waals surface area contributed by atoms with Gasteiger partial charge in [-0.05, 0) is 82.4 Å². The van der Waals surface area contributed by atoms with Crippen molar-refractivity contribution >= 4 is 0 Å². The number of hydrogen-bond donors (Lipinski definition) is 0. The van der Waals surface area contributed by atoms with Crippen molar-refractivity contribution in [1.29, 1.82) is 0 Å². The maximum atomic E-state index is 5.87. The van der Waals surface area contributed by atoms with Crippen LogP contribution < -0.4 is 4.74 Å². The third kappa shape index (κ3) is 10.7. The molecule has 0 amide bonds. The Morgan fingerprint density at radius 3 is 2.16 bits per heavy atom. The second kappa shape index (κ2) is 15.4. The van der Waals surface area contributed by atoms with E-state index in [9.17, 15) is 0 Å². The summed E-state index contributed by atoms with van der Waals surface area (Å²) in [7, 11) is 0. The molecule has 0 aliphatic carbocycles. The predicted molar refractivity (Wildman–Crippen MR) is 137 cm³/mol. The fourth-order valence-electron chi connectivity index (χ4n) is 3.59. The average molecular weight is 435 g/mol. The van der Waals surface area contributed by atoms with Crippen molar-refractivity contribution in [2.75, 3.05) is 6.61 Å². The monoisotopic (exact) mass is 434 g/mol. The van der Waals surface area contributed by atoms with E-state index >= 15 is 0 Å². The summed E-state index contributed by atoms with van der Waals surface area (Å²) in [6, 6.07) is 8.06. The first-order chi connectivity index (χ1) is 15.6. The molecule has 174 valence electrons. The van der Waals surface area contributed by atoms with E-state index in [0.29, 0.717) is 6.61 Å². The Morgan fingerprint density at radius 2 is 1.50 bits per heavy atom. The summed E-state index contributed by atoms with van der Waals surface area (Å²) in [6.07, 6.45) is 21.0. The van der Waals surface area contributed by atoms with Crippen LogP contribution in [-0.2, 0) is 6.42 Å². The van der Waals surface area contributed by atoms with Crippen LogP contribution in [0.25, 0.3) is 11.4 Å². The van der Waals surface area contributed by atoms with E-state index in [1.807, 2.05) is 36.7 Å². The molecule has 3 heteroatoms. The van der Waals surface area contributed by atoms with Crippen LogP contribution in [0.5, 0.6) is 5.75 Å². The van der Waals surface area contributed by atoms with Gasteiger partial charge in [0.05, 0.1) is 0 Å².